The summed E-state index contributed by atoms with van der Waals surface area (Å²) in [6.45, 7) is 6.78. The molecule has 0 bridgehead atoms. The maximum absolute atomic E-state index is 13.5. The highest BCUT2D eigenvalue weighted by molar-refractivity contribution is 5.86. The van der Waals surface area contributed by atoms with Gasteiger partial charge in [-0.3, -0.25) is 10.1 Å². The fraction of sp³-hybridized carbons (Fsp3) is 0.385. The van der Waals surface area contributed by atoms with Crippen LogP contribution < -0.4 is 5.32 Å². The van der Waals surface area contributed by atoms with E-state index in [4.69, 9.17) is 4.74 Å². The molecule has 1 aromatic rings. The first kappa shape index (κ1) is 14.2. The van der Waals surface area contributed by atoms with Gasteiger partial charge < -0.3 is 4.74 Å². The van der Waals surface area contributed by atoms with Crippen LogP contribution in [0.25, 0.3) is 0 Å². The fourth-order valence-electron chi connectivity index (χ4n) is 1.40. The SMILES string of the molecule is Cc1cc(NC(=O)OC(C)(C)C)cc(F)c1C=O. The molecule has 0 saturated carbocycles. The summed E-state index contributed by atoms with van der Waals surface area (Å²) in [4.78, 5) is 22.1. The van der Waals surface area contributed by atoms with E-state index in [0.29, 0.717) is 11.8 Å². The predicted octanol–water partition coefficient (Wildman–Crippen LogP) is 3.29. The Bertz CT molecular complexity index is 455. The number of carbonyl (C=O) groups excluding carboxylic acids is 2. The minimum atomic E-state index is -0.670. The van der Waals surface area contributed by atoms with Crippen molar-refractivity contribution in [3.05, 3.63) is 29.1 Å². The lowest BCUT2D eigenvalue weighted by molar-refractivity contribution is 0.0636. The second-order valence-electron chi connectivity index (χ2n) is 4.93. The van der Waals surface area contributed by atoms with E-state index in [2.05, 4.69) is 5.32 Å². The summed E-state index contributed by atoms with van der Waals surface area (Å²) in [6, 6.07) is 2.59. The van der Waals surface area contributed by atoms with Crippen LogP contribution in [0.3, 0.4) is 0 Å². The van der Waals surface area contributed by atoms with Crippen molar-refractivity contribution in [2.24, 2.45) is 0 Å². The third kappa shape index (κ3) is 3.84. The van der Waals surface area contributed by atoms with Gasteiger partial charge in [0.15, 0.2) is 6.29 Å². The zero-order valence-electron chi connectivity index (χ0n) is 10.8. The Morgan fingerprint density at radius 2 is 2.00 bits per heavy atom. The van der Waals surface area contributed by atoms with Crippen molar-refractivity contribution in [2.75, 3.05) is 5.32 Å². The third-order valence-electron chi connectivity index (χ3n) is 2.10. The monoisotopic (exact) mass is 253 g/mol. The molecule has 1 amide bonds. The minimum Gasteiger partial charge on any atom is -0.444 e. The van der Waals surface area contributed by atoms with Crippen LogP contribution >= 0.6 is 0 Å². The van der Waals surface area contributed by atoms with Crippen LogP contribution in [0, 0.1) is 12.7 Å². The Morgan fingerprint density at radius 1 is 1.39 bits per heavy atom. The highest BCUT2D eigenvalue weighted by Crippen LogP contribution is 2.19. The van der Waals surface area contributed by atoms with E-state index in [-0.39, 0.29) is 11.3 Å². The molecule has 1 N–H and O–H groups in total. The highest BCUT2D eigenvalue weighted by Gasteiger charge is 2.17. The maximum atomic E-state index is 13.5. The minimum absolute atomic E-state index is 0.00950. The zero-order valence-corrected chi connectivity index (χ0v) is 10.8. The van der Waals surface area contributed by atoms with Crippen molar-refractivity contribution in [1.29, 1.82) is 0 Å². The number of halogens is 1. The van der Waals surface area contributed by atoms with Crippen LogP contribution in [0.5, 0.6) is 0 Å². The number of carbonyl (C=O) groups is 2. The van der Waals surface area contributed by atoms with Gasteiger partial charge in [-0.05, 0) is 45.4 Å². The standard InChI is InChI=1S/C13H16FNO3/c1-8-5-9(6-11(14)10(8)7-16)15-12(17)18-13(2,3)4/h5-7H,1-4H3,(H,15,17). The van der Waals surface area contributed by atoms with E-state index >= 15 is 0 Å². The Morgan fingerprint density at radius 3 is 2.44 bits per heavy atom. The van der Waals surface area contributed by atoms with Gasteiger partial charge in [0.2, 0.25) is 0 Å². The van der Waals surface area contributed by atoms with Gasteiger partial charge in [0.1, 0.15) is 11.4 Å². The predicted molar refractivity (Wildman–Crippen MR) is 66.4 cm³/mol. The van der Waals surface area contributed by atoms with Gasteiger partial charge in [0, 0.05) is 5.69 Å². The van der Waals surface area contributed by atoms with Crippen LogP contribution in [0.1, 0.15) is 36.7 Å². The van der Waals surface area contributed by atoms with Gasteiger partial charge in [0.25, 0.3) is 0 Å². The number of amides is 1. The van der Waals surface area contributed by atoms with Crippen molar-refractivity contribution >= 4 is 18.1 Å². The lowest BCUT2D eigenvalue weighted by atomic mass is 10.1. The normalized spacial score (nSPS) is 10.9. The molecule has 0 aliphatic heterocycles. The van der Waals surface area contributed by atoms with E-state index < -0.39 is 17.5 Å². The Labute approximate surface area is 105 Å². The smallest absolute Gasteiger partial charge is 0.412 e. The molecule has 98 valence electrons. The molecule has 0 atom stereocenters. The Kier molecular flexibility index (Phi) is 4.06. The summed E-state index contributed by atoms with van der Waals surface area (Å²) in [5, 5.41) is 2.41. The van der Waals surface area contributed by atoms with Gasteiger partial charge >= 0.3 is 6.09 Å². The van der Waals surface area contributed by atoms with E-state index in [0.717, 1.165) is 6.07 Å². The molecule has 0 heterocycles. The number of rotatable bonds is 2. The van der Waals surface area contributed by atoms with Crippen molar-refractivity contribution in [2.45, 2.75) is 33.3 Å². The number of aryl methyl sites for hydroxylation is 1. The van der Waals surface area contributed by atoms with E-state index in [9.17, 15) is 14.0 Å². The lowest BCUT2D eigenvalue weighted by Gasteiger charge is -2.19. The fourth-order valence-corrected chi connectivity index (χ4v) is 1.40. The number of hydrogen-bond acceptors (Lipinski definition) is 3. The molecular weight excluding hydrogens is 237 g/mol. The third-order valence-corrected chi connectivity index (χ3v) is 2.10. The maximum Gasteiger partial charge on any atom is 0.412 e. The van der Waals surface area contributed by atoms with Gasteiger partial charge in [-0.2, -0.15) is 0 Å². The first-order chi connectivity index (χ1) is 8.23. The summed E-state index contributed by atoms with van der Waals surface area (Å²) in [6.07, 6.45) is -0.220. The number of benzene rings is 1. The van der Waals surface area contributed by atoms with Crippen molar-refractivity contribution in [3.63, 3.8) is 0 Å². The molecule has 0 aromatic heterocycles. The molecule has 4 nitrogen and oxygen atoms in total. The quantitative estimate of drug-likeness (QED) is 0.823. The number of nitrogens with one attached hydrogen (secondary N) is 1. The average molecular weight is 253 g/mol. The van der Waals surface area contributed by atoms with Gasteiger partial charge in [-0.25, -0.2) is 9.18 Å². The summed E-state index contributed by atoms with van der Waals surface area (Å²) < 4.78 is 18.5. The molecule has 0 saturated heterocycles. The Hall–Kier alpha value is -1.91. The number of aldehydes is 1. The zero-order chi connectivity index (χ0) is 13.9. The number of ether oxygens (including phenoxy) is 1. The van der Waals surface area contributed by atoms with Crippen molar-refractivity contribution in [3.8, 4) is 0 Å². The molecule has 0 aliphatic rings. The lowest BCUT2D eigenvalue weighted by Crippen LogP contribution is -2.27. The molecule has 1 aromatic carbocycles. The molecule has 1 rings (SSSR count). The molecule has 0 unspecified atom stereocenters. The molecule has 0 radical (unpaired) electrons. The van der Waals surface area contributed by atoms with Gasteiger partial charge in [-0.1, -0.05) is 0 Å². The molecule has 5 heteroatoms. The highest BCUT2D eigenvalue weighted by atomic mass is 19.1. The van der Waals surface area contributed by atoms with E-state index in [1.807, 2.05) is 0 Å². The van der Waals surface area contributed by atoms with Crippen LogP contribution in [0.4, 0.5) is 14.9 Å². The van der Waals surface area contributed by atoms with Gasteiger partial charge in [0.05, 0.1) is 5.56 Å². The summed E-state index contributed by atoms with van der Waals surface area (Å²) in [5.41, 5.74) is 0.0751. The number of hydrogen-bond donors (Lipinski definition) is 1. The van der Waals surface area contributed by atoms with Crippen LogP contribution in [-0.2, 0) is 4.74 Å². The van der Waals surface area contributed by atoms with Crippen molar-refractivity contribution in [1.82, 2.24) is 0 Å². The first-order valence-corrected chi connectivity index (χ1v) is 5.48. The summed E-state index contributed by atoms with van der Waals surface area (Å²) in [5.74, 6) is -0.670. The molecule has 0 spiro atoms. The molecular formula is C13H16FNO3. The number of anilines is 1. The molecule has 18 heavy (non-hydrogen) atoms. The van der Waals surface area contributed by atoms with E-state index in [1.165, 1.54) is 6.07 Å². The second kappa shape index (κ2) is 5.16. The van der Waals surface area contributed by atoms with E-state index in [1.54, 1.807) is 27.7 Å². The molecule has 0 aliphatic carbocycles. The van der Waals surface area contributed by atoms with Crippen LogP contribution in [-0.4, -0.2) is 18.0 Å². The van der Waals surface area contributed by atoms with Crippen LogP contribution in [0.15, 0.2) is 12.1 Å². The van der Waals surface area contributed by atoms with Crippen LogP contribution in [0.2, 0.25) is 0 Å². The molecule has 0 fully saturated rings. The first-order valence-electron chi connectivity index (χ1n) is 5.48. The Balaban J connectivity index is 2.87. The summed E-state index contributed by atoms with van der Waals surface area (Å²) >= 11 is 0. The topological polar surface area (TPSA) is 55.4 Å². The summed E-state index contributed by atoms with van der Waals surface area (Å²) in [7, 11) is 0. The van der Waals surface area contributed by atoms with Crippen molar-refractivity contribution < 1.29 is 18.7 Å². The largest absolute Gasteiger partial charge is 0.444 e. The average Bonchev–Trinajstić information content (AvgIpc) is 2.13. The van der Waals surface area contributed by atoms with Gasteiger partial charge in [-0.15, -0.1) is 0 Å². The second-order valence-corrected chi connectivity index (χ2v) is 4.93.